The highest BCUT2D eigenvalue weighted by Crippen LogP contribution is 2.47. The van der Waals surface area contributed by atoms with Gasteiger partial charge >= 0.3 is 0 Å². The summed E-state index contributed by atoms with van der Waals surface area (Å²) < 4.78 is 9.94. The normalized spacial score (nSPS) is 11.9. The average Bonchev–Trinajstić information content (AvgIpc) is 2.69. The second kappa shape index (κ2) is 18.2. The molecule has 12 aromatic carbocycles. The monoisotopic (exact) mass is 1040 g/mol. The fourth-order valence-electron chi connectivity index (χ4n) is 13.3. The summed E-state index contributed by atoms with van der Waals surface area (Å²) in [6.07, 6.45) is 0. The van der Waals surface area contributed by atoms with E-state index in [0.29, 0.717) is 5.82 Å². The van der Waals surface area contributed by atoms with Crippen LogP contribution < -0.4 is 0 Å². The quantitative estimate of drug-likeness (QED) is 0.152. The summed E-state index contributed by atoms with van der Waals surface area (Å²) >= 11 is 0. The van der Waals surface area contributed by atoms with Gasteiger partial charge in [-0.05, 0) is 78.9 Å². The number of para-hydroxylation sites is 7. The summed E-state index contributed by atoms with van der Waals surface area (Å²) in [5.74, 6) is 0.674. The first-order valence-electron chi connectivity index (χ1n) is 28.0. The predicted molar refractivity (Wildman–Crippen MR) is 341 cm³/mol. The van der Waals surface area contributed by atoms with Gasteiger partial charge < -0.3 is 18.3 Å². The minimum atomic E-state index is 0.674. The molecular formula is C76H48N6. The van der Waals surface area contributed by atoms with Crippen LogP contribution in [0.15, 0.2) is 291 Å². The lowest BCUT2D eigenvalue weighted by atomic mass is 9.97. The van der Waals surface area contributed by atoms with Crippen LogP contribution in [0.3, 0.4) is 0 Å². The van der Waals surface area contributed by atoms with Gasteiger partial charge in [-0.25, -0.2) is 9.97 Å². The van der Waals surface area contributed by atoms with Crippen LogP contribution in [0.4, 0.5) is 0 Å². The second-order valence-corrected chi connectivity index (χ2v) is 21.2. The Morgan fingerprint density at radius 2 is 0.634 bits per heavy atom. The van der Waals surface area contributed by atoms with Crippen molar-refractivity contribution in [1.82, 2.24) is 28.2 Å². The van der Waals surface area contributed by atoms with E-state index in [1.807, 2.05) is 6.07 Å². The summed E-state index contributed by atoms with van der Waals surface area (Å²) in [4.78, 5) is 10.6. The van der Waals surface area contributed by atoms with Crippen molar-refractivity contribution in [3.8, 4) is 67.8 Å². The fourth-order valence-corrected chi connectivity index (χ4v) is 13.3. The van der Waals surface area contributed by atoms with Crippen LogP contribution in [0.25, 0.3) is 155 Å². The maximum Gasteiger partial charge on any atom is 0.160 e. The minimum Gasteiger partial charge on any atom is -0.309 e. The van der Waals surface area contributed by atoms with E-state index >= 15 is 0 Å². The van der Waals surface area contributed by atoms with Crippen molar-refractivity contribution in [3.63, 3.8) is 0 Å². The van der Waals surface area contributed by atoms with Crippen molar-refractivity contribution in [3.05, 3.63) is 291 Å². The molecule has 0 unspecified atom stereocenters. The van der Waals surface area contributed by atoms with E-state index in [1.165, 1.54) is 65.2 Å². The van der Waals surface area contributed by atoms with Crippen LogP contribution in [-0.4, -0.2) is 28.2 Å². The van der Waals surface area contributed by atoms with Crippen molar-refractivity contribution in [2.24, 2.45) is 0 Å². The first kappa shape index (κ1) is 45.9. The maximum atomic E-state index is 5.43. The molecule has 0 saturated carbocycles. The molecule has 6 nitrogen and oxygen atoms in total. The van der Waals surface area contributed by atoms with Gasteiger partial charge in [0.05, 0.1) is 66.9 Å². The zero-order valence-corrected chi connectivity index (χ0v) is 44.4. The predicted octanol–water partition coefficient (Wildman–Crippen LogP) is 19.5. The van der Waals surface area contributed by atoms with E-state index < -0.39 is 0 Å². The molecule has 82 heavy (non-hydrogen) atoms. The Labute approximate surface area is 471 Å². The number of aromatic nitrogens is 6. The topological polar surface area (TPSA) is 45.5 Å². The van der Waals surface area contributed by atoms with Crippen molar-refractivity contribution >= 4 is 87.2 Å². The van der Waals surface area contributed by atoms with Crippen LogP contribution in [0.1, 0.15) is 0 Å². The van der Waals surface area contributed by atoms with Gasteiger partial charge in [-0.3, -0.25) is 0 Å². The van der Waals surface area contributed by atoms with E-state index in [4.69, 9.17) is 9.97 Å². The van der Waals surface area contributed by atoms with E-state index in [2.05, 4.69) is 303 Å². The first-order valence-corrected chi connectivity index (χ1v) is 28.0. The van der Waals surface area contributed by atoms with E-state index in [9.17, 15) is 0 Å². The highest BCUT2D eigenvalue weighted by Gasteiger charge is 2.26. The van der Waals surface area contributed by atoms with E-state index in [-0.39, 0.29) is 0 Å². The van der Waals surface area contributed by atoms with Gasteiger partial charge in [0.1, 0.15) is 0 Å². The standard InChI is InChI=1S/C76H48N6/c1-5-23-49(24-6-1)62-48-63(78-76(77-62)50-25-7-2-8-26-50)51-41-42-57(71(47-51)82-68-40-22-17-35-61(68)73-70(82)46-44-59-56-33-15-19-37-65(56)80(75(59)73)53-29-11-4-12-30-53)54-31-13-20-38-66(54)81-67-39-21-16-34-60(67)72-69(81)45-43-58-55-32-14-18-36-64(55)79(74(58)72)52-27-9-3-10-28-52/h1-48H. The van der Waals surface area contributed by atoms with Gasteiger partial charge in [0.25, 0.3) is 0 Å². The fraction of sp³-hybridized carbons (Fsp3) is 0. The van der Waals surface area contributed by atoms with E-state index in [0.717, 1.165) is 84.0 Å². The molecule has 6 heteroatoms. The summed E-state index contributed by atoms with van der Waals surface area (Å²) in [5, 5.41) is 9.66. The third-order valence-corrected chi connectivity index (χ3v) is 16.8. The second-order valence-electron chi connectivity index (χ2n) is 21.2. The highest BCUT2D eigenvalue weighted by molar-refractivity contribution is 6.28. The van der Waals surface area contributed by atoms with Gasteiger partial charge in [-0.2, -0.15) is 0 Å². The van der Waals surface area contributed by atoms with Crippen molar-refractivity contribution in [2.75, 3.05) is 0 Å². The van der Waals surface area contributed by atoms with Crippen LogP contribution in [0.2, 0.25) is 0 Å². The molecule has 5 heterocycles. The molecule has 0 bridgehead atoms. The van der Waals surface area contributed by atoms with Crippen molar-refractivity contribution < 1.29 is 0 Å². The Morgan fingerprint density at radius 3 is 1.17 bits per heavy atom. The molecule has 0 aliphatic heterocycles. The zero-order valence-electron chi connectivity index (χ0n) is 44.4. The highest BCUT2D eigenvalue weighted by atomic mass is 15.0. The van der Waals surface area contributed by atoms with Crippen LogP contribution in [0.5, 0.6) is 0 Å². The maximum absolute atomic E-state index is 5.43. The molecule has 0 saturated heterocycles. The summed E-state index contributed by atoms with van der Waals surface area (Å²) in [6.45, 7) is 0. The molecule has 0 atom stereocenters. The lowest BCUT2D eigenvalue weighted by Gasteiger charge is -2.20. The van der Waals surface area contributed by atoms with Crippen molar-refractivity contribution in [1.29, 1.82) is 0 Å². The number of hydrogen-bond acceptors (Lipinski definition) is 2. The SMILES string of the molecule is c1ccc(-c2cc(-c3ccc(-c4ccccc4-n4c5ccccc5c5c4ccc4c6ccccc6n(-c6ccccc6)c45)c(-n4c5ccccc5c5c4ccc4c6ccccc6n(-c6ccccc6)c45)c3)nc(-c3ccccc3)n2)cc1. The zero-order chi connectivity index (χ0) is 53.8. The molecule has 5 aromatic heterocycles. The lowest BCUT2D eigenvalue weighted by Crippen LogP contribution is -2.03. The molecule has 0 aliphatic rings. The van der Waals surface area contributed by atoms with Gasteiger partial charge in [-0.1, -0.05) is 212 Å². The van der Waals surface area contributed by atoms with Crippen LogP contribution >= 0.6 is 0 Å². The molecule has 0 fully saturated rings. The molecule has 0 aliphatic carbocycles. The Bertz CT molecular complexity index is 5320. The Morgan fingerprint density at radius 1 is 0.232 bits per heavy atom. The summed E-state index contributed by atoms with van der Waals surface area (Å²) in [6, 6.07) is 105. The molecule has 17 aromatic rings. The van der Waals surface area contributed by atoms with Gasteiger partial charge in [0.15, 0.2) is 5.82 Å². The van der Waals surface area contributed by atoms with Gasteiger partial charge in [-0.15, -0.1) is 0 Å². The first-order chi connectivity index (χ1) is 40.7. The van der Waals surface area contributed by atoms with Crippen LogP contribution in [0, 0.1) is 0 Å². The number of fused-ring (bicyclic) bond motifs is 14. The molecule has 0 radical (unpaired) electrons. The Kier molecular flexibility index (Phi) is 10.2. The largest absolute Gasteiger partial charge is 0.309 e. The van der Waals surface area contributed by atoms with E-state index in [1.54, 1.807) is 0 Å². The van der Waals surface area contributed by atoms with Gasteiger partial charge in [0, 0.05) is 82.3 Å². The minimum absolute atomic E-state index is 0.674. The molecule has 0 N–H and O–H groups in total. The summed E-state index contributed by atoms with van der Waals surface area (Å²) in [5.41, 5.74) is 20.4. The number of hydrogen-bond donors (Lipinski definition) is 0. The third-order valence-electron chi connectivity index (χ3n) is 16.8. The van der Waals surface area contributed by atoms with Crippen LogP contribution in [-0.2, 0) is 0 Å². The van der Waals surface area contributed by atoms with Crippen molar-refractivity contribution in [2.45, 2.75) is 0 Å². The number of rotatable bonds is 8. The smallest absolute Gasteiger partial charge is 0.160 e. The molecule has 0 amide bonds. The summed E-state index contributed by atoms with van der Waals surface area (Å²) in [7, 11) is 0. The number of nitrogens with zero attached hydrogens (tertiary/aromatic N) is 6. The molecule has 17 rings (SSSR count). The number of benzene rings is 12. The average molecular weight is 1050 g/mol. The Hall–Kier alpha value is -11.1. The Balaban J connectivity index is 0.983. The molecule has 382 valence electrons. The van der Waals surface area contributed by atoms with Gasteiger partial charge in [0.2, 0.25) is 0 Å². The molecule has 0 spiro atoms. The molecular weight excluding hydrogens is 997 g/mol. The lowest BCUT2D eigenvalue weighted by molar-refractivity contribution is 1.15. The third kappa shape index (κ3) is 6.88.